The van der Waals surface area contributed by atoms with Gasteiger partial charge in [-0.15, -0.1) is 0 Å². The molecule has 5 rings (SSSR count). The number of ether oxygens (including phenoxy) is 1. The molecule has 0 aliphatic carbocycles. The third-order valence-corrected chi connectivity index (χ3v) is 9.20. The number of anilines is 1. The first kappa shape index (κ1) is 30.4. The van der Waals surface area contributed by atoms with E-state index in [1.54, 1.807) is 12.1 Å². The van der Waals surface area contributed by atoms with Gasteiger partial charge in [0.25, 0.3) is 0 Å². The van der Waals surface area contributed by atoms with Gasteiger partial charge in [-0.1, -0.05) is 56.1 Å². The normalized spacial score (nSPS) is 26.4. The molecule has 2 aromatic carbocycles. The van der Waals surface area contributed by atoms with E-state index >= 15 is 8.78 Å². The molecule has 2 fully saturated rings. The van der Waals surface area contributed by atoms with Crippen LogP contribution in [-0.4, -0.2) is 61.5 Å². The highest BCUT2D eigenvalue weighted by atomic mass is 35.5. The van der Waals surface area contributed by atoms with Gasteiger partial charge < -0.3 is 15.4 Å². The number of hydrogen-bond acceptors (Lipinski definition) is 5. The number of morpholine rings is 1. The number of carbonyl (C=O) groups excluding carboxylic acids is 2. The number of Topliss-reactive ketones (excluding diaryl/α,β-unsaturated/α-hetero) is 1. The number of nitrogens with zero attached hydrogens (tertiary/aromatic N) is 1. The second kappa shape index (κ2) is 11.9. The largest absolute Gasteiger partial charge is 0.379 e. The van der Waals surface area contributed by atoms with E-state index in [9.17, 15) is 9.59 Å². The van der Waals surface area contributed by atoms with Crippen LogP contribution in [0.4, 0.5) is 14.5 Å². The van der Waals surface area contributed by atoms with Crippen LogP contribution in [0.25, 0.3) is 0 Å². The molecule has 41 heavy (non-hydrogen) atoms. The third-order valence-electron chi connectivity index (χ3n) is 8.62. The highest BCUT2D eigenvalue weighted by molar-refractivity contribution is 6.31. The topological polar surface area (TPSA) is 70.7 Å². The summed E-state index contributed by atoms with van der Waals surface area (Å²) in [7, 11) is 0. The molecule has 10 heteroatoms. The van der Waals surface area contributed by atoms with Crippen LogP contribution in [0.15, 0.2) is 30.3 Å². The van der Waals surface area contributed by atoms with E-state index in [0.29, 0.717) is 37.3 Å². The Balaban J connectivity index is 1.56. The van der Waals surface area contributed by atoms with Crippen LogP contribution in [0.5, 0.6) is 0 Å². The SMILES string of the molecule is CC(C)(C)C[C@H]1N[C@@H](C(=O)CCCCN2CCOCC2)[C@H](c2cccc(Cl)c2F)[C@@]12C(=O)Nc1cc(Cl)c(F)cc12. The number of amides is 1. The Kier molecular flexibility index (Phi) is 8.80. The molecule has 6 nitrogen and oxygen atoms in total. The van der Waals surface area contributed by atoms with E-state index in [-0.39, 0.29) is 33.2 Å². The zero-order valence-corrected chi connectivity index (χ0v) is 25.2. The predicted molar refractivity (Wildman–Crippen MR) is 157 cm³/mol. The molecule has 0 radical (unpaired) electrons. The average molecular weight is 609 g/mol. The number of fused-ring (bicyclic) bond motifs is 2. The maximum atomic E-state index is 15.8. The fraction of sp³-hybridized carbons (Fsp3) is 0.548. The van der Waals surface area contributed by atoms with Gasteiger partial charge in [0.05, 0.1) is 29.3 Å². The summed E-state index contributed by atoms with van der Waals surface area (Å²) < 4.78 is 36.3. The van der Waals surface area contributed by atoms with Crippen LogP contribution in [0, 0.1) is 17.0 Å². The summed E-state index contributed by atoms with van der Waals surface area (Å²) in [5.41, 5.74) is -0.836. The van der Waals surface area contributed by atoms with Gasteiger partial charge in [-0.2, -0.15) is 0 Å². The highest BCUT2D eigenvalue weighted by Gasteiger charge is 2.66. The van der Waals surface area contributed by atoms with Crippen molar-refractivity contribution in [3.63, 3.8) is 0 Å². The first-order valence-corrected chi connectivity index (χ1v) is 15.0. The zero-order valence-electron chi connectivity index (χ0n) is 23.7. The Morgan fingerprint density at radius 1 is 1.12 bits per heavy atom. The molecule has 0 aromatic heterocycles. The monoisotopic (exact) mass is 607 g/mol. The quantitative estimate of drug-likeness (QED) is 0.355. The molecule has 0 unspecified atom stereocenters. The predicted octanol–water partition coefficient (Wildman–Crippen LogP) is 6.09. The zero-order chi connectivity index (χ0) is 29.5. The number of halogens is 4. The second-order valence-corrected chi connectivity index (χ2v) is 13.4. The molecule has 2 aromatic rings. The number of nitrogens with one attached hydrogen (secondary N) is 2. The van der Waals surface area contributed by atoms with Gasteiger partial charge in [-0.3, -0.25) is 14.5 Å². The molecular formula is C31H37Cl2F2N3O3. The lowest BCUT2D eigenvalue weighted by atomic mass is 9.62. The van der Waals surface area contributed by atoms with E-state index in [1.165, 1.54) is 18.2 Å². The molecule has 3 heterocycles. The minimum absolute atomic E-state index is 0.102. The lowest BCUT2D eigenvalue weighted by molar-refractivity contribution is -0.122. The van der Waals surface area contributed by atoms with Crippen molar-refractivity contribution in [2.75, 3.05) is 38.2 Å². The summed E-state index contributed by atoms with van der Waals surface area (Å²) >= 11 is 12.3. The minimum Gasteiger partial charge on any atom is -0.379 e. The molecule has 1 amide bonds. The number of ketones is 1. The van der Waals surface area contributed by atoms with Crippen molar-refractivity contribution in [1.29, 1.82) is 0 Å². The number of carbonyl (C=O) groups is 2. The summed E-state index contributed by atoms with van der Waals surface area (Å²) in [6, 6.07) is 5.81. The van der Waals surface area contributed by atoms with Crippen LogP contribution < -0.4 is 10.6 Å². The maximum Gasteiger partial charge on any atom is 0.237 e. The van der Waals surface area contributed by atoms with Crippen LogP contribution >= 0.6 is 23.2 Å². The lowest BCUT2D eigenvalue weighted by Gasteiger charge is -2.37. The molecule has 222 valence electrons. The van der Waals surface area contributed by atoms with E-state index in [0.717, 1.165) is 26.1 Å². The van der Waals surface area contributed by atoms with Crippen LogP contribution in [0.3, 0.4) is 0 Å². The molecule has 1 spiro atoms. The molecule has 3 aliphatic heterocycles. The molecule has 4 atom stereocenters. The smallest absolute Gasteiger partial charge is 0.237 e. The Morgan fingerprint density at radius 2 is 1.85 bits per heavy atom. The van der Waals surface area contributed by atoms with Gasteiger partial charge in [0.15, 0.2) is 0 Å². The van der Waals surface area contributed by atoms with Crippen molar-refractivity contribution in [3.05, 3.63) is 63.1 Å². The van der Waals surface area contributed by atoms with Crippen molar-refractivity contribution >= 4 is 40.6 Å². The molecule has 0 saturated carbocycles. The van der Waals surface area contributed by atoms with E-state index in [1.807, 2.05) is 20.8 Å². The van der Waals surface area contributed by atoms with Crippen LogP contribution in [-0.2, 0) is 19.7 Å². The molecule has 2 saturated heterocycles. The maximum absolute atomic E-state index is 15.8. The Hall–Kier alpha value is -2.10. The lowest BCUT2D eigenvalue weighted by Crippen LogP contribution is -2.49. The van der Waals surface area contributed by atoms with Gasteiger partial charge in [0.2, 0.25) is 5.91 Å². The summed E-state index contributed by atoms with van der Waals surface area (Å²) in [6.07, 6.45) is 2.23. The summed E-state index contributed by atoms with van der Waals surface area (Å²) in [6.45, 7) is 10.2. The molecule has 2 N–H and O–H groups in total. The number of unbranched alkanes of at least 4 members (excludes halogenated alkanes) is 1. The highest BCUT2D eigenvalue weighted by Crippen LogP contribution is 2.57. The number of benzene rings is 2. The summed E-state index contributed by atoms with van der Waals surface area (Å²) in [4.78, 5) is 30.5. The first-order valence-electron chi connectivity index (χ1n) is 14.3. The van der Waals surface area contributed by atoms with Gasteiger partial charge in [0.1, 0.15) is 22.8 Å². The fourth-order valence-corrected chi connectivity index (χ4v) is 7.18. The second-order valence-electron chi connectivity index (χ2n) is 12.6. The molecule has 0 bridgehead atoms. The standard InChI is InChI=1S/C31H37Cl2F2N3O3/c1-30(2,3)17-25-31(19-15-22(34)21(33)16-23(19)36-29(31)40)26(18-7-6-8-20(32)27(18)35)28(37-25)24(39)9-4-5-10-38-11-13-41-14-12-38/h6-8,15-16,25-26,28,37H,4-5,9-14,17H2,1-3H3,(H,36,40)/t25-,26+,28+,31+/m1/s1. The summed E-state index contributed by atoms with van der Waals surface area (Å²) in [5, 5.41) is 6.12. The van der Waals surface area contributed by atoms with Crippen LogP contribution in [0.1, 0.15) is 63.5 Å². The van der Waals surface area contributed by atoms with E-state index < -0.39 is 41.0 Å². The van der Waals surface area contributed by atoms with E-state index in [2.05, 4.69) is 15.5 Å². The average Bonchev–Trinajstić information content (AvgIpc) is 3.38. The van der Waals surface area contributed by atoms with Crippen molar-refractivity contribution in [1.82, 2.24) is 10.2 Å². The molecular weight excluding hydrogens is 571 g/mol. The van der Waals surface area contributed by atoms with Gasteiger partial charge >= 0.3 is 0 Å². The Bertz CT molecular complexity index is 1330. The van der Waals surface area contributed by atoms with Gasteiger partial charge in [-0.05, 0) is 60.5 Å². The Labute approximate surface area is 250 Å². The Morgan fingerprint density at radius 3 is 2.56 bits per heavy atom. The van der Waals surface area contributed by atoms with E-state index in [4.69, 9.17) is 27.9 Å². The van der Waals surface area contributed by atoms with Gasteiger partial charge in [0, 0.05) is 37.2 Å². The minimum atomic E-state index is -1.46. The van der Waals surface area contributed by atoms with Crippen molar-refractivity contribution < 1.29 is 23.1 Å². The van der Waals surface area contributed by atoms with Crippen molar-refractivity contribution in [2.45, 2.75) is 69.9 Å². The third kappa shape index (κ3) is 5.78. The van der Waals surface area contributed by atoms with Crippen molar-refractivity contribution in [2.24, 2.45) is 5.41 Å². The van der Waals surface area contributed by atoms with Crippen molar-refractivity contribution in [3.8, 4) is 0 Å². The fourth-order valence-electron chi connectivity index (χ4n) is 6.83. The van der Waals surface area contributed by atoms with Crippen LogP contribution in [0.2, 0.25) is 10.0 Å². The molecule has 3 aliphatic rings. The number of rotatable bonds is 8. The first-order chi connectivity index (χ1) is 19.4. The van der Waals surface area contributed by atoms with Gasteiger partial charge in [-0.25, -0.2) is 8.78 Å². The number of hydrogen-bond donors (Lipinski definition) is 2. The summed E-state index contributed by atoms with van der Waals surface area (Å²) in [5.74, 6) is -2.84.